The Balaban J connectivity index is 2.05. The van der Waals surface area contributed by atoms with E-state index in [1.54, 1.807) is 0 Å². The van der Waals surface area contributed by atoms with Gasteiger partial charge in [0.15, 0.2) is 0 Å². The molecule has 1 saturated heterocycles. The molecule has 4 N–H and O–H groups in total. The van der Waals surface area contributed by atoms with Gasteiger partial charge in [-0.25, -0.2) is 13.7 Å². The van der Waals surface area contributed by atoms with Crippen LogP contribution in [-0.2, 0) is 36.3 Å². The van der Waals surface area contributed by atoms with Crippen LogP contribution < -0.4 is 0 Å². The van der Waals surface area contributed by atoms with E-state index < -0.39 is 42.3 Å². The lowest BCUT2D eigenvalue weighted by Gasteiger charge is -2.25. The molecular formula is C13H21BIO12P3S2. The molecule has 1 aromatic rings. The highest BCUT2D eigenvalue weighted by Crippen LogP contribution is 2.66. The summed E-state index contributed by atoms with van der Waals surface area (Å²) in [5.41, 5.74) is 0.554. The van der Waals surface area contributed by atoms with Crippen LogP contribution in [-0.4, -0.2) is 55.8 Å². The summed E-state index contributed by atoms with van der Waals surface area (Å²) in [7, 11) is -13.3. The van der Waals surface area contributed by atoms with Crippen LogP contribution in [0.25, 0.3) is 0 Å². The number of phosphoric acid groups is 3. The summed E-state index contributed by atoms with van der Waals surface area (Å²) in [6.07, 6.45) is 1.03. The lowest BCUT2D eigenvalue weighted by molar-refractivity contribution is -0.0447. The van der Waals surface area contributed by atoms with Crippen molar-refractivity contribution in [1.82, 2.24) is 0 Å². The van der Waals surface area contributed by atoms with E-state index in [9.17, 15) is 23.5 Å². The molecule has 0 amide bonds. The Bertz CT molecular complexity index is 879. The van der Waals surface area contributed by atoms with Gasteiger partial charge in [-0.3, -0.25) is 4.52 Å². The topological polar surface area (TPSA) is 178 Å². The molecule has 32 heavy (non-hydrogen) atoms. The van der Waals surface area contributed by atoms with Gasteiger partial charge in [-0.15, -0.1) is 0 Å². The van der Waals surface area contributed by atoms with Crippen molar-refractivity contribution in [2.75, 3.05) is 12.9 Å². The highest BCUT2D eigenvalue weighted by atomic mass is 127. The van der Waals surface area contributed by atoms with E-state index in [-0.39, 0.29) is 11.4 Å². The predicted molar refractivity (Wildman–Crippen MR) is 129 cm³/mol. The number of benzene rings is 1. The van der Waals surface area contributed by atoms with E-state index in [1.807, 2.05) is 36.6 Å². The molecule has 0 radical (unpaired) electrons. The van der Waals surface area contributed by atoms with Gasteiger partial charge in [0.2, 0.25) is 5.14 Å². The van der Waals surface area contributed by atoms with Gasteiger partial charge < -0.3 is 29.0 Å². The molecule has 1 fully saturated rings. The van der Waals surface area contributed by atoms with Crippen molar-refractivity contribution in [3.63, 3.8) is 0 Å². The molecular weight excluding hydrogens is 643 g/mol. The van der Waals surface area contributed by atoms with Gasteiger partial charge in [0.05, 0.1) is 12.7 Å². The van der Waals surface area contributed by atoms with Crippen LogP contribution >= 0.6 is 67.4 Å². The fourth-order valence-electron chi connectivity index (χ4n) is 2.67. The Morgan fingerprint density at radius 2 is 1.81 bits per heavy atom. The Morgan fingerprint density at radius 1 is 1.16 bits per heavy atom. The number of hydrogen-bond donors (Lipinski definition) is 4. The molecule has 1 aliphatic heterocycles. The maximum Gasteiger partial charge on any atom is 0.490 e. The van der Waals surface area contributed by atoms with Crippen LogP contribution in [0.4, 0.5) is 0 Å². The first-order valence-electron chi connectivity index (χ1n) is 8.74. The number of ether oxygens (including phenoxy) is 2. The van der Waals surface area contributed by atoms with Crippen LogP contribution in [0.3, 0.4) is 0 Å². The van der Waals surface area contributed by atoms with Crippen molar-refractivity contribution in [3.05, 3.63) is 35.9 Å². The first-order chi connectivity index (χ1) is 14.8. The zero-order chi connectivity index (χ0) is 24.0. The van der Waals surface area contributed by atoms with Crippen LogP contribution in [0.15, 0.2) is 30.3 Å². The molecule has 0 aliphatic carbocycles. The lowest BCUT2D eigenvalue weighted by atomic mass is 9.96. The quantitative estimate of drug-likeness (QED) is 0.0794. The highest BCUT2D eigenvalue weighted by Gasteiger charge is 2.43. The molecule has 2 rings (SSSR count). The van der Waals surface area contributed by atoms with Gasteiger partial charge in [-0.05, 0) is 18.2 Å². The van der Waals surface area contributed by atoms with Gasteiger partial charge in [0.1, 0.15) is 11.5 Å². The Morgan fingerprint density at radius 3 is 2.38 bits per heavy atom. The molecule has 12 nitrogen and oxygen atoms in total. The minimum absolute atomic E-state index is 0.217. The Labute approximate surface area is 206 Å². The fraction of sp³-hybridized carbons (Fsp3) is 0.538. The summed E-state index contributed by atoms with van der Waals surface area (Å²) in [6, 6.07) is 9.21. The van der Waals surface area contributed by atoms with Crippen molar-refractivity contribution < 1.29 is 55.9 Å². The Kier molecular flexibility index (Phi) is 11.7. The molecule has 6 atom stereocenters. The molecule has 0 spiro atoms. The van der Waals surface area contributed by atoms with Gasteiger partial charge in [0.25, 0.3) is 0 Å². The van der Waals surface area contributed by atoms with Gasteiger partial charge >= 0.3 is 23.5 Å². The zero-order valence-corrected chi connectivity index (χ0v) is 22.9. The second-order valence-corrected chi connectivity index (χ2v) is 14.1. The first-order valence-corrected chi connectivity index (χ1v) is 17.4. The van der Waals surface area contributed by atoms with Crippen LogP contribution in [0, 0.1) is 0 Å². The molecule has 1 aliphatic rings. The largest absolute Gasteiger partial charge is 0.490 e. The normalized spacial score (nSPS) is 26.2. The van der Waals surface area contributed by atoms with E-state index in [2.05, 4.69) is 31.0 Å². The number of halogens is 1. The molecule has 1 aromatic carbocycles. The van der Waals surface area contributed by atoms with Gasteiger partial charge in [0, 0.05) is 6.00 Å². The molecule has 1 heterocycles. The third-order valence-corrected chi connectivity index (χ3v) is 10.5. The summed E-state index contributed by atoms with van der Waals surface area (Å²) in [5, 5.41) is 0.620. The maximum atomic E-state index is 12.0. The standard InChI is InChI=1S/C13H21BIO12P3S2/c1-31-32-13(9-5-3-2-4-6-9)25-10-7-12(14-15)24-11(10)8-23-29(19,20)27-30(21,22)26-28(16,17)18/h2-6,10-14H,7-8H2,1H3,(H,19,20)(H,21,22)(H2,16,17,18). The van der Waals surface area contributed by atoms with Gasteiger partial charge in [-0.2, -0.15) is 31.0 Å². The molecule has 19 heteroatoms. The summed E-state index contributed by atoms with van der Waals surface area (Å²) in [5.74, 6) is 0. The number of hydrogen-bond acceptors (Lipinski definition) is 10. The van der Waals surface area contributed by atoms with E-state index in [0.29, 0.717) is 11.6 Å². The Hall–Kier alpha value is 1.04. The van der Waals surface area contributed by atoms with Crippen molar-refractivity contribution in [3.8, 4) is 0 Å². The zero-order valence-electron chi connectivity index (χ0n) is 16.4. The fourth-order valence-corrected chi connectivity index (χ4v) is 7.90. The second-order valence-electron chi connectivity index (χ2n) is 6.25. The molecule has 0 saturated carbocycles. The van der Waals surface area contributed by atoms with Crippen molar-refractivity contribution in [2.45, 2.75) is 30.1 Å². The van der Waals surface area contributed by atoms with Crippen LogP contribution in [0.5, 0.6) is 0 Å². The summed E-state index contributed by atoms with van der Waals surface area (Å²) >= 11 is 2.13. The SMILES string of the molecule is CSSC(OC1CC(BI)OC1COP(=O)(O)OP(=O)(O)OP(=O)(O)O)c1ccccc1. The summed E-state index contributed by atoms with van der Waals surface area (Å²) in [6.45, 7) is -0.549. The van der Waals surface area contributed by atoms with E-state index in [1.165, 1.54) is 21.6 Å². The van der Waals surface area contributed by atoms with E-state index >= 15 is 0 Å². The van der Waals surface area contributed by atoms with Crippen LogP contribution in [0.1, 0.15) is 17.4 Å². The molecule has 182 valence electrons. The molecule has 6 unspecified atom stereocenters. The number of rotatable bonds is 13. The smallest absolute Gasteiger partial charge is 0.377 e. The van der Waals surface area contributed by atoms with Crippen molar-refractivity contribution in [1.29, 1.82) is 0 Å². The summed E-state index contributed by atoms with van der Waals surface area (Å²) < 4.78 is 58.4. The third kappa shape index (κ3) is 10.3. The van der Waals surface area contributed by atoms with Crippen molar-refractivity contribution in [2.24, 2.45) is 0 Å². The average molecular weight is 664 g/mol. The predicted octanol–water partition coefficient (Wildman–Crippen LogP) is 3.33. The van der Waals surface area contributed by atoms with Crippen LogP contribution in [0.2, 0.25) is 0 Å². The van der Waals surface area contributed by atoms with Gasteiger partial charge in [-0.1, -0.05) is 51.9 Å². The molecule has 0 bridgehead atoms. The minimum atomic E-state index is -5.58. The summed E-state index contributed by atoms with van der Waals surface area (Å²) in [4.78, 5) is 36.1. The number of phosphoric ester groups is 1. The lowest BCUT2D eigenvalue weighted by Crippen LogP contribution is -2.29. The highest BCUT2D eigenvalue weighted by molar-refractivity contribution is 14.1. The third-order valence-electron chi connectivity index (χ3n) is 3.82. The van der Waals surface area contributed by atoms with Crippen molar-refractivity contribution >= 4 is 72.6 Å². The van der Waals surface area contributed by atoms with E-state index in [0.717, 1.165) is 5.56 Å². The van der Waals surface area contributed by atoms with E-state index in [4.69, 9.17) is 23.8 Å². The minimum Gasteiger partial charge on any atom is -0.377 e. The average Bonchev–Trinajstić information content (AvgIpc) is 3.06. The second kappa shape index (κ2) is 12.8. The first kappa shape index (κ1) is 29.3. The monoisotopic (exact) mass is 664 g/mol. The maximum absolute atomic E-state index is 12.0. The molecule has 0 aromatic heterocycles.